The lowest BCUT2D eigenvalue weighted by Gasteiger charge is -2.24. The van der Waals surface area contributed by atoms with E-state index in [0.29, 0.717) is 0 Å². The fourth-order valence-corrected chi connectivity index (χ4v) is 2.35. The molecule has 0 bridgehead atoms. The summed E-state index contributed by atoms with van der Waals surface area (Å²) in [5.41, 5.74) is -0.828. The zero-order valence-electron chi connectivity index (χ0n) is 11.7. The predicted octanol–water partition coefficient (Wildman–Crippen LogP) is 2.06. The average Bonchev–Trinajstić information content (AvgIpc) is 2.34. The number of hydrogen-bond acceptors (Lipinski definition) is 5. The quantitative estimate of drug-likeness (QED) is 0.453. The second kappa shape index (κ2) is 7.07. The first-order chi connectivity index (χ1) is 9.69. The molecular formula is C13H16N2O5S. The van der Waals surface area contributed by atoms with Crippen molar-refractivity contribution in [2.24, 2.45) is 0 Å². The van der Waals surface area contributed by atoms with Crippen LogP contribution in [0.5, 0.6) is 0 Å². The molecule has 0 fully saturated rings. The van der Waals surface area contributed by atoms with Gasteiger partial charge in [0.1, 0.15) is 0 Å². The molecule has 0 saturated heterocycles. The number of nitro groups is 1. The van der Waals surface area contributed by atoms with E-state index in [-0.39, 0.29) is 23.8 Å². The molecule has 0 atom stereocenters. The van der Waals surface area contributed by atoms with Crippen molar-refractivity contribution >= 4 is 29.3 Å². The summed E-state index contributed by atoms with van der Waals surface area (Å²) in [5.74, 6) is -1.16. The molecule has 0 aromatic heterocycles. The van der Waals surface area contributed by atoms with Crippen molar-refractivity contribution in [2.75, 3.05) is 5.75 Å². The SMILES string of the molecule is CC(C)(CC(=O)O)NC(=O)CSc1ccc([N+](=O)[O-])cc1. The number of thioether (sulfide) groups is 1. The first kappa shape index (κ1) is 17.0. The minimum Gasteiger partial charge on any atom is -0.481 e. The van der Waals surface area contributed by atoms with Gasteiger partial charge in [-0.05, 0) is 26.0 Å². The maximum atomic E-state index is 11.8. The van der Waals surface area contributed by atoms with Gasteiger partial charge in [-0.3, -0.25) is 19.7 Å². The number of carbonyl (C=O) groups excluding carboxylic acids is 1. The molecule has 21 heavy (non-hydrogen) atoms. The summed E-state index contributed by atoms with van der Waals surface area (Å²) in [6.45, 7) is 3.27. The number of nitrogens with one attached hydrogen (secondary N) is 1. The highest BCUT2D eigenvalue weighted by molar-refractivity contribution is 8.00. The van der Waals surface area contributed by atoms with Crippen molar-refractivity contribution in [3.05, 3.63) is 34.4 Å². The number of carboxylic acids is 1. The highest BCUT2D eigenvalue weighted by atomic mass is 32.2. The molecule has 8 heteroatoms. The van der Waals surface area contributed by atoms with E-state index in [2.05, 4.69) is 5.32 Å². The Balaban J connectivity index is 2.49. The van der Waals surface area contributed by atoms with Crippen molar-refractivity contribution in [3.63, 3.8) is 0 Å². The Kier molecular flexibility index (Phi) is 5.71. The number of hydrogen-bond donors (Lipinski definition) is 2. The molecule has 0 aliphatic carbocycles. The third-order valence-corrected chi connectivity index (χ3v) is 3.50. The minimum atomic E-state index is -0.983. The molecule has 0 unspecified atom stereocenters. The molecule has 1 aromatic carbocycles. The highest BCUT2D eigenvalue weighted by Crippen LogP contribution is 2.21. The lowest BCUT2D eigenvalue weighted by atomic mass is 10.0. The smallest absolute Gasteiger partial charge is 0.305 e. The van der Waals surface area contributed by atoms with E-state index in [1.54, 1.807) is 26.0 Å². The summed E-state index contributed by atoms with van der Waals surface area (Å²) in [5, 5.41) is 21.9. The van der Waals surface area contributed by atoms with Gasteiger partial charge in [-0.25, -0.2) is 0 Å². The summed E-state index contributed by atoms with van der Waals surface area (Å²) in [7, 11) is 0. The normalized spacial score (nSPS) is 11.0. The van der Waals surface area contributed by atoms with E-state index in [1.165, 1.54) is 23.9 Å². The molecule has 0 spiro atoms. The first-order valence-electron chi connectivity index (χ1n) is 6.10. The summed E-state index contributed by atoms with van der Waals surface area (Å²) in [6, 6.07) is 5.88. The molecule has 0 saturated carbocycles. The summed E-state index contributed by atoms with van der Waals surface area (Å²) in [4.78, 5) is 33.2. The van der Waals surface area contributed by atoms with Gasteiger partial charge in [0.15, 0.2) is 0 Å². The van der Waals surface area contributed by atoms with Gasteiger partial charge in [0.05, 0.1) is 17.1 Å². The van der Waals surface area contributed by atoms with Gasteiger partial charge < -0.3 is 10.4 Å². The molecule has 0 aliphatic rings. The van der Waals surface area contributed by atoms with Gasteiger partial charge in [-0.15, -0.1) is 11.8 Å². The first-order valence-corrected chi connectivity index (χ1v) is 7.08. The molecule has 1 aromatic rings. The lowest BCUT2D eigenvalue weighted by Crippen LogP contribution is -2.45. The second-order valence-electron chi connectivity index (χ2n) is 5.04. The molecule has 1 amide bonds. The van der Waals surface area contributed by atoms with Crippen LogP contribution in [0.25, 0.3) is 0 Å². The Morgan fingerprint density at radius 2 is 1.90 bits per heavy atom. The van der Waals surface area contributed by atoms with E-state index < -0.39 is 16.4 Å². The molecule has 0 aliphatic heterocycles. The fraction of sp³-hybridized carbons (Fsp3) is 0.385. The van der Waals surface area contributed by atoms with E-state index >= 15 is 0 Å². The lowest BCUT2D eigenvalue weighted by molar-refractivity contribution is -0.384. The number of aliphatic carboxylic acids is 1. The number of rotatable bonds is 7. The van der Waals surface area contributed by atoms with Gasteiger partial charge in [0, 0.05) is 22.6 Å². The van der Waals surface area contributed by atoms with Crippen LogP contribution in [0.3, 0.4) is 0 Å². The van der Waals surface area contributed by atoms with Gasteiger partial charge in [-0.1, -0.05) is 0 Å². The number of benzene rings is 1. The van der Waals surface area contributed by atoms with Gasteiger partial charge >= 0.3 is 5.97 Å². The Bertz CT molecular complexity index is 542. The summed E-state index contributed by atoms with van der Waals surface area (Å²) < 4.78 is 0. The fourth-order valence-electron chi connectivity index (χ4n) is 1.65. The Morgan fingerprint density at radius 3 is 2.38 bits per heavy atom. The van der Waals surface area contributed by atoms with Crippen LogP contribution < -0.4 is 5.32 Å². The highest BCUT2D eigenvalue weighted by Gasteiger charge is 2.23. The number of nitrogens with zero attached hydrogens (tertiary/aromatic N) is 1. The van der Waals surface area contributed by atoms with E-state index in [0.717, 1.165) is 4.90 Å². The molecule has 7 nitrogen and oxygen atoms in total. The molecule has 0 radical (unpaired) electrons. The maximum Gasteiger partial charge on any atom is 0.305 e. The molecule has 2 N–H and O–H groups in total. The van der Waals surface area contributed by atoms with Crippen LogP contribution >= 0.6 is 11.8 Å². The van der Waals surface area contributed by atoms with Gasteiger partial charge in [0.2, 0.25) is 5.91 Å². The standard InChI is InChI=1S/C13H16N2O5S/c1-13(2,7-12(17)18)14-11(16)8-21-10-5-3-9(4-6-10)15(19)20/h3-6H,7-8H2,1-2H3,(H,14,16)(H,17,18). The van der Waals surface area contributed by atoms with Crippen LogP contribution in [0.4, 0.5) is 5.69 Å². The van der Waals surface area contributed by atoms with E-state index in [9.17, 15) is 19.7 Å². The maximum absolute atomic E-state index is 11.8. The predicted molar refractivity (Wildman–Crippen MR) is 78.3 cm³/mol. The molecule has 114 valence electrons. The average molecular weight is 312 g/mol. The monoisotopic (exact) mass is 312 g/mol. The van der Waals surface area contributed by atoms with Crippen LogP contribution in [-0.4, -0.2) is 33.2 Å². The van der Waals surface area contributed by atoms with Crippen LogP contribution in [0.1, 0.15) is 20.3 Å². The minimum absolute atomic E-state index is 0.00797. The van der Waals surface area contributed by atoms with Crippen molar-refractivity contribution in [3.8, 4) is 0 Å². The summed E-state index contributed by atoms with van der Waals surface area (Å²) >= 11 is 1.23. The number of carboxylic acid groups (broad SMARTS) is 1. The Morgan fingerprint density at radius 1 is 1.33 bits per heavy atom. The Hall–Kier alpha value is -2.09. The largest absolute Gasteiger partial charge is 0.481 e. The molecular weight excluding hydrogens is 296 g/mol. The Labute approximate surface area is 125 Å². The van der Waals surface area contributed by atoms with Crippen LogP contribution in [0, 0.1) is 10.1 Å². The van der Waals surface area contributed by atoms with Crippen molar-refractivity contribution < 1.29 is 19.6 Å². The van der Waals surface area contributed by atoms with Gasteiger partial charge in [0.25, 0.3) is 5.69 Å². The molecule has 0 heterocycles. The zero-order valence-corrected chi connectivity index (χ0v) is 12.5. The zero-order chi connectivity index (χ0) is 16.0. The van der Waals surface area contributed by atoms with Gasteiger partial charge in [-0.2, -0.15) is 0 Å². The summed E-state index contributed by atoms with van der Waals surface area (Å²) in [6.07, 6.45) is -0.166. The second-order valence-corrected chi connectivity index (χ2v) is 6.09. The molecule has 1 rings (SSSR count). The topological polar surface area (TPSA) is 110 Å². The van der Waals surface area contributed by atoms with E-state index in [4.69, 9.17) is 5.11 Å². The van der Waals surface area contributed by atoms with E-state index in [1.807, 2.05) is 0 Å². The van der Waals surface area contributed by atoms with Crippen molar-refractivity contribution in [1.29, 1.82) is 0 Å². The number of nitro benzene ring substituents is 1. The number of carbonyl (C=O) groups is 2. The third kappa shape index (κ3) is 6.26. The van der Waals surface area contributed by atoms with Crippen molar-refractivity contribution in [1.82, 2.24) is 5.32 Å². The van der Waals surface area contributed by atoms with Crippen LogP contribution in [-0.2, 0) is 9.59 Å². The van der Waals surface area contributed by atoms with Crippen molar-refractivity contribution in [2.45, 2.75) is 30.7 Å². The van der Waals surface area contributed by atoms with Crippen LogP contribution in [0.2, 0.25) is 0 Å². The number of amides is 1. The number of non-ortho nitro benzene ring substituents is 1. The van der Waals surface area contributed by atoms with Crippen LogP contribution in [0.15, 0.2) is 29.2 Å². The third-order valence-electron chi connectivity index (χ3n) is 2.49.